The number of hydrogen-bond donors (Lipinski definition) is 0. The molecule has 0 bridgehead atoms. The summed E-state index contributed by atoms with van der Waals surface area (Å²) in [4.78, 5) is 11.6. The van der Waals surface area contributed by atoms with Gasteiger partial charge in [-0.1, -0.05) is 13.3 Å². The van der Waals surface area contributed by atoms with Gasteiger partial charge in [0.2, 0.25) is 0 Å². The summed E-state index contributed by atoms with van der Waals surface area (Å²) in [7, 11) is 1.79. The number of rotatable bonds is 5. The Labute approximate surface area is 144 Å². The van der Waals surface area contributed by atoms with Crippen LogP contribution in [0.3, 0.4) is 0 Å². The molecular formula is C18H29N5O. The molecule has 24 heavy (non-hydrogen) atoms. The summed E-state index contributed by atoms with van der Waals surface area (Å²) in [6, 6.07) is 0. The van der Waals surface area contributed by atoms with E-state index in [2.05, 4.69) is 47.7 Å². The first-order valence-corrected chi connectivity index (χ1v) is 8.89. The maximum atomic E-state index is 5.60. The van der Waals surface area contributed by atoms with Crippen LogP contribution in [0.25, 0.3) is 11.0 Å². The highest BCUT2D eigenvalue weighted by molar-refractivity contribution is 5.87. The summed E-state index contributed by atoms with van der Waals surface area (Å²) in [5.74, 6) is 0.999. The van der Waals surface area contributed by atoms with Gasteiger partial charge in [-0.2, -0.15) is 5.10 Å². The van der Waals surface area contributed by atoms with Crippen molar-refractivity contribution in [3.8, 4) is 0 Å². The smallest absolute Gasteiger partial charge is 0.163 e. The first kappa shape index (κ1) is 17.1. The van der Waals surface area contributed by atoms with Crippen LogP contribution < -0.4 is 4.90 Å². The van der Waals surface area contributed by atoms with Gasteiger partial charge < -0.3 is 9.64 Å². The number of fused-ring (bicyclic) bond motifs is 1. The molecule has 6 heteroatoms. The average Bonchev–Trinajstić information content (AvgIpc) is 3.11. The number of aromatic nitrogens is 4. The third-order valence-corrected chi connectivity index (χ3v) is 4.96. The minimum absolute atomic E-state index is 0.0363. The zero-order valence-corrected chi connectivity index (χ0v) is 15.5. The van der Waals surface area contributed by atoms with E-state index in [0.717, 1.165) is 49.3 Å². The van der Waals surface area contributed by atoms with Crippen LogP contribution in [0.4, 0.5) is 5.82 Å². The van der Waals surface area contributed by atoms with Crippen molar-refractivity contribution >= 4 is 16.9 Å². The van der Waals surface area contributed by atoms with Crippen LogP contribution in [0.1, 0.15) is 53.4 Å². The molecule has 0 aromatic carbocycles. The van der Waals surface area contributed by atoms with Gasteiger partial charge in [0.15, 0.2) is 5.65 Å². The van der Waals surface area contributed by atoms with Crippen LogP contribution in [0.15, 0.2) is 12.5 Å². The first-order chi connectivity index (χ1) is 11.4. The van der Waals surface area contributed by atoms with E-state index < -0.39 is 0 Å². The fraction of sp³-hybridized carbons (Fsp3) is 0.722. The van der Waals surface area contributed by atoms with E-state index in [1.165, 1.54) is 6.42 Å². The molecule has 0 aliphatic carbocycles. The molecular weight excluding hydrogens is 302 g/mol. The van der Waals surface area contributed by atoms with E-state index in [1.807, 2.05) is 10.9 Å². The van der Waals surface area contributed by atoms with Crippen molar-refractivity contribution in [3.05, 3.63) is 12.5 Å². The highest BCUT2D eigenvalue weighted by Crippen LogP contribution is 2.39. The summed E-state index contributed by atoms with van der Waals surface area (Å²) >= 11 is 0. The topological polar surface area (TPSA) is 56.1 Å². The van der Waals surface area contributed by atoms with E-state index in [0.29, 0.717) is 0 Å². The third-order valence-electron chi connectivity index (χ3n) is 4.96. The number of anilines is 1. The maximum absolute atomic E-state index is 5.60. The quantitative estimate of drug-likeness (QED) is 0.841. The van der Waals surface area contributed by atoms with Crippen molar-refractivity contribution in [1.29, 1.82) is 0 Å². The highest BCUT2D eigenvalue weighted by atomic mass is 16.5. The normalized spacial score (nSPS) is 21.8. The van der Waals surface area contributed by atoms with Gasteiger partial charge in [-0.15, -0.1) is 0 Å². The molecule has 2 aromatic rings. The Hall–Kier alpha value is -1.69. The lowest BCUT2D eigenvalue weighted by atomic mass is 9.91. The molecule has 1 atom stereocenters. The predicted octanol–water partition coefficient (Wildman–Crippen LogP) is 3.37. The van der Waals surface area contributed by atoms with Gasteiger partial charge in [-0.25, -0.2) is 14.6 Å². The summed E-state index contributed by atoms with van der Waals surface area (Å²) in [6.07, 6.45) is 8.14. The predicted molar refractivity (Wildman–Crippen MR) is 96.4 cm³/mol. The molecule has 132 valence electrons. The van der Waals surface area contributed by atoms with Crippen LogP contribution in [0.5, 0.6) is 0 Å². The summed E-state index contributed by atoms with van der Waals surface area (Å²) in [5, 5.41) is 5.63. The molecule has 6 nitrogen and oxygen atoms in total. The van der Waals surface area contributed by atoms with Gasteiger partial charge in [0.05, 0.1) is 29.3 Å². The Morgan fingerprint density at radius 1 is 1.29 bits per heavy atom. The zero-order valence-electron chi connectivity index (χ0n) is 15.5. The fourth-order valence-electron chi connectivity index (χ4n) is 4.02. The van der Waals surface area contributed by atoms with Crippen molar-refractivity contribution in [2.24, 2.45) is 0 Å². The summed E-state index contributed by atoms with van der Waals surface area (Å²) in [6.45, 7) is 10.4. The number of ether oxygens (including phenoxy) is 1. The molecule has 1 saturated heterocycles. The maximum Gasteiger partial charge on any atom is 0.163 e. The van der Waals surface area contributed by atoms with Crippen molar-refractivity contribution in [3.63, 3.8) is 0 Å². The molecule has 1 unspecified atom stereocenters. The Balaban J connectivity index is 2.10. The molecule has 3 rings (SSSR count). The SMILES string of the molecule is CCCC1(COC)CCCN1c1ncnc2c1cnn2C(C)(C)C. The minimum atomic E-state index is -0.106. The van der Waals surface area contributed by atoms with Crippen molar-refractivity contribution in [2.45, 2.75) is 64.5 Å². The van der Waals surface area contributed by atoms with Crippen LogP contribution in [-0.2, 0) is 10.3 Å². The molecule has 1 aliphatic heterocycles. The molecule has 2 aromatic heterocycles. The largest absolute Gasteiger partial charge is 0.382 e. The number of methoxy groups -OCH3 is 1. The molecule has 0 saturated carbocycles. The monoisotopic (exact) mass is 331 g/mol. The lowest BCUT2D eigenvalue weighted by Gasteiger charge is -2.39. The van der Waals surface area contributed by atoms with E-state index in [-0.39, 0.29) is 11.1 Å². The number of hydrogen-bond acceptors (Lipinski definition) is 5. The molecule has 3 heterocycles. The molecule has 1 fully saturated rings. The Bertz CT molecular complexity index is 697. The highest BCUT2D eigenvalue weighted by Gasteiger charge is 2.42. The van der Waals surface area contributed by atoms with Crippen molar-refractivity contribution in [2.75, 3.05) is 25.2 Å². The van der Waals surface area contributed by atoms with Gasteiger partial charge in [0.1, 0.15) is 12.1 Å². The summed E-state index contributed by atoms with van der Waals surface area (Å²) < 4.78 is 7.59. The lowest BCUT2D eigenvalue weighted by molar-refractivity contribution is 0.127. The van der Waals surface area contributed by atoms with Crippen LogP contribution in [-0.4, -0.2) is 45.5 Å². The van der Waals surface area contributed by atoms with Crippen molar-refractivity contribution < 1.29 is 4.74 Å². The van der Waals surface area contributed by atoms with E-state index in [4.69, 9.17) is 4.74 Å². The fourth-order valence-corrected chi connectivity index (χ4v) is 4.02. The van der Waals surface area contributed by atoms with E-state index >= 15 is 0 Å². The van der Waals surface area contributed by atoms with Crippen molar-refractivity contribution in [1.82, 2.24) is 19.7 Å². The van der Waals surface area contributed by atoms with E-state index in [1.54, 1.807) is 13.4 Å². The summed E-state index contributed by atoms with van der Waals surface area (Å²) in [5.41, 5.74) is 0.835. The standard InChI is InChI=1S/C18H29N5O/c1-6-8-18(12-24-5)9-7-10-22(18)15-14-11-21-23(17(2,3)4)16(14)20-13-19-15/h11,13H,6-10,12H2,1-5H3. The second-order valence-electron chi connectivity index (χ2n) is 7.82. The van der Waals surface area contributed by atoms with Gasteiger partial charge in [-0.05, 0) is 40.0 Å². The van der Waals surface area contributed by atoms with E-state index in [9.17, 15) is 0 Å². The zero-order chi connectivity index (χ0) is 17.4. The van der Waals surface area contributed by atoms with Gasteiger partial charge in [-0.3, -0.25) is 0 Å². The molecule has 0 amide bonds. The Morgan fingerprint density at radius 2 is 2.08 bits per heavy atom. The Kier molecular flexibility index (Phi) is 4.51. The molecule has 1 aliphatic rings. The molecule has 0 radical (unpaired) electrons. The second-order valence-corrected chi connectivity index (χ2v) is 7.82. The lowest BCUT2D eigenvalue weighted by Crippen LogP contribution is -2.48. The minimum Gasteiger partial charge on any atom is -0.382 e. The van der Waals surface area contributed by atoms with Crippen LogP contribution in [0.2, 0.25) is 0 Å². The first-order valence-electron chi connectivity index (χ1n) is 8.89. The Morgan fingerprint density at radius 3 is 2.75 bits per heavy atom. The molecule has 0 N–H and O–H groups in total. The van der Waals surface area contributed by atoms with Gasteiger partial charge in [0.25, 0.3) is 0 Å². The number of nitrogens with zero attached hydrogens (tertiary/aromatic N) is 5. The van der Waals surface area contributed by atoms with Crippen LogP contribution >= 0.6 is 0 Å². The van der Waals surface area contributed by atoms with Crippen LogP contribution in [0, 0.1) is 0 Å². The third kappa shape index (κ3) is 2.77. The molecule has 0 spiro atoms. The van der Waals surface area contributed by atoms with Gasteiger partial charge >= 0.3 is 0 Å². The van der Waals surface area contributed by atoms with Gasteiger partial charge in [0, 0.05) is 13.7 Å². The average molecular weight is 331 g/mol. The second kappa shape index (κ2) is 6.31.